The second-order valence-corrected chi connectivity index (χ2v) is 0.931. The molecule has 0 rings (SSSR count). The van der Waals surface area contributed by atoms with Crippen LogP contribution in [0.3, 0.4) is 0 Å². The fourth-order valence-electron chi connectivity index (χ4n) is 0.104. The molecule has 2 N–H and O–H groups in total. The monoisotopic (exact) mass is 92.1 g/mol. The zero-order valence-electron chi connectivity index (χ0n) is 3.36. The average molecular weight is 92.1 g/mol. The molecule has 0 aliphatic heterocycles. The highest BCUT2D eigenvalue weighted by Crippen LogP contribution is 1.82. The molecule has 0 aromatic rings. The molecule has 0 fully saturated rings. The molecule has 1 atom stereocenters. The molecular weight excluding hydrogens is 85.0 g/mol. The highest BCUT2D eigenvalue weighted by atomic mass is 19.1. The molecule has 0 spiro atoms. The molecule has 0 heterocycles. The molecule has 0 saturated heterocycles. The third-order valence-corrected chi connectivity index (χ3v) is 0.277. The van der Waals surface area contributed by atoms with Gasteiger partial charge in [-0.05, 0) is 6.92 Å². The van der Waals surface area contributed by atoms with E-state index in [0.29, 0.717) is 0 Å². The summed E-state index contributed by atoms with van der Waals surface area (Å²) >= 11 is 0. The van der Waals surface area contributed by atoms with E-state index in [1.807, 2.05) is 0 Å². The molecule has 37 valence electrons. The molecule has 6 heavy (non-hydrogen) atoms. The van der Waals surface area contributed by atoms with Crippen molar-refractivity contribution in [3.05, 3.63) is 6.92 Å². The molecule has 1 radical (unpaired) electrons. The Bertz CT molecular complexity index is 32.0. The standard InChI is InChI=1S/C3H7FNO/c1-3(4)2-6-5/h3H,1-2,5H2. The maximum atomic E-state index is 11.4. The number of hydrogen-bond donors (Lipinski definition) is 1. The minimum absolute atomic E-state index is 0.125. The first-order chi connectivity index (χ1) is 2.77. The number of halogens is 1. The Hall–Kier alpha value is -0.150. The normalized spacial score (nSPS) is 14.5. The lowest BCUT2D eigenvalue weighted by atomic mass is 10.5. The zero-order chi connectivity index (χ0) is 4.99. The molecule has 2 nitrogen and oxygen atoms in total. The quantitative estimate of drug-likeness (QED) is 0.488. The second-order valence-electron chi connectivity index (χ2n) is 0.931. The predicted molar refractivity (Wildman–Crippen MR) is 20.4 cm³/mol. The van der Waals surface area contributed by atoms with Crippen LogP contribution in [0.5, 0.6) is 0 Å². The van der Waals surface area contributed by atoms with Gasteiger partial charge in [0.1, 0.15) is 6.17 Å². The lowest BCUT2D eigenvalue weighted by Crippen LogP contribution is -2.09. The summed E-state index contributed by atoms with van der Waals surface area (Å²) in [5.74, 6) is 4.45. The molecule has 1 unspecified atom stereocenters. The predicted octanol–water partition coefficient (Wildman–Crippen LogP) is 0.0489. The van der Waals surface area contributed by atoms with Crippen LogP contribution in [0.4, 0.5) is 4.39 Å². The lowest BCUT2D eigenvalue weighted by Gasteiger charge is -1.93. The Labute approximate surface area is 36.0 Å². The zero-order valence-corrected chi connectivity index (χ0v) is 3.36. The van der Waals surface area contributed by atoms with E-state index in [-0.39, 0.29) is 6.61 Å². The van der Waals surface area contributed by atoms with Gasteiger partial charge in [0.05, 0.1) is 6.61 Å². The first kappa shape index (κ1) is 5.85. The topological polar surface area (TPSA) is 35.2 Å². The second kappa shape index (κ2) is 3.06. The summed E-state index contributed by atoms with van der Waals surface area (Å²) in [5.41, 5.74) is 0. The molecule has 0 bridgehead atoms. The van der Waals surface area contributed by atoms with Crippen molar-refractivity contribution in [2.75, 3.05) is 6.61 Å². The Kier molecular flexibility index (Phi) is 2.98. The maximum absolute atomic E-state index is 11.4. The van der Waals surface area contributed by atoms with Crippen LogP contribution in [-0.4, -0.2) is 12.8 Å². The Morgan fingerprint density at radius 3 is 2.50 bits per heavy atom. The van der Waals surface area contributed by atoms with Crippen LogP contribution in [0.2, 0.25) is 0 Å². The molecule has 0 amide bonds. The van der Waals surface area contributed by atoms with Gasteiger partial charge >= 0.3 is 0 Å². The van der Waals surface area contributed by atoms with Crippen LogP contribution in [0.25, 0.3) is 0 Å². The molecule has 0 aliphatic carbocycles. The van der Waals surface area contributed by atoms with Gasteiger partial charge in [0, 0.05) is 0 Å². The van der Waals surface area contributed by atoms with Crippen molar-refractivity contribution < 1.29 is 9.23 Å². The van der Waals surface area contributed by atoms with Gasteiger partial charge in [-0.15, -0.1) is 0 Å². The maximum Gasteiger partial charge on any atom is 0.125 e. The molecule has 0 aromatic heterocycles. The molecule has 3 heteroatoms. The van der Waals surface area contributed by atoms with Crippen LogP contribution in [-0.2, 0) is 4.84 Å². The number of nitrogens with two attached hydrogens (primary N) is 1. The van der Waals surface area contributed by atoms with E-state index in [0.717, 1.165) is 0 Å². The summed E-state index contributed by atoms with van der Waals surface area (Å²) in [5, 5.41) is 0. The molecule has 0 saturated carbocycles. The highest BCUT2D eigenvalue weighted by molar-refractivity contribution is 4.51. The van der Waals surface area contributed by atoms with Crippen molar-refractivity contribution in [1.82, 2.24) is 0 Å². The van der Waals surface area contributed by atoms with Crippen molar-refractivity contribution in [3.63, 3.8) is 0 Å². The van der Waals surface area contributed by atoms with Gasteiger partial charge in [0.2, 0.25) is 0 Å². The molecule has 0 aliphatic rings. The van der Waals surface area contributed by atoms with Gasteiger partial charge < -0.3 is 4.84 Å². The van der Waals surface area contributed by atoms with Crippen LogP contribution >= 0.6 is 0 Å². The van der Waals surface area contributed by atoms with Crippen LogP contribution in [0, 0.1) is 6.92 Å². The van der Waals surface area contributed by atoms with Gasteiger partial charge in [-0.25, -0.2) is 10.3 Å². The van der Waals surface area contributed by atoms with Gasteiger partial charge in [-0.2, -0.15) is 0 Å². The number of rotatable bonds is 2. The van der Waals surface area contributed by atoms with Crippen LogP contribution in [0.15, 0.2) is 0 Å². The van der Waals surface area contributed by atoms with Crippen molar-refractivity contribution in [2.45, 2.75) is 6.17 Å². The fourth-order valence-corrected chi connectivity index (χ4v) is 0.104. The summed E-state index contributed by atoms with van der Waals surface area (Å²) in [7, 11) is 0. The van der Waals surface area contributed by atoms with Gasteiger partial charge in [0.15, 0.2) is 0 Å². The summed E-state index contributed by atoms with van der Waals surface area (Å²) in [6.07, 6.45) is -1.20. The summed E-state index contributed by atoms with van der Waals surface area (Å²) < 4.78 is 11.4. The van der Waals surface area contributed by atoms with E-state index in [4.69, 9.17) is 0 Å². The first-order valence-electron chi connectivity index (χ1n) is 1.56. The molecular formula is C3H7FNO. The van der Waals surface area contributed by atoms with Gasteiger partial charge in [-0.1, -0.05) is 0 Å². The number of alkyl halides is 1. The van der Waals surface area contributed by atoms with Crippen molar-refractivity contribution in [1.29, 1.82) is 0 Å². The van der Waals surface area contributed by atoms with E-state index < -0.39 is 6.17 Å². The SMILES string of the molecule is [CH2]C(F)CON. The smallest absolute Gasteiger partial charge is 0.125 e. The third kappa shape index (κ3) is 3.85. The summed E-state index contributed by atoms with van der Waals surface area (Å²) in [4.78, 5) is 3.87. The van der Waals surface area contributed by atoms with E-state index >= 15 is 0 Å². The largest absolute Gasteiger partial charge is 0.302 e. The van der Waals surface area contributed by atoms with Crippen LogP contribution in [0.1, 0.15) is 0 Å². The summed E-state index contributed by atoms with van der Waals surface area (Å²) in [6.45, 7) is 2.83. The van der Waals surface area contributed by atoms with Crippen molar-refractivity contribution >= 4 is 0 Å². The first-order valence-corrected chi connectivity index (χ1v) is 1.56. The fraction of sp³-hybridized carbons (Fsp3) is 0.667. The molecule has 0 aromatic carbocycles. The summed E-state index contributed by atoms with van der Waals surface area (Å²) in [6, 6.07) is 0. The Morgan fingerprint density at radius 1 is 2.00 bits per heavy atom. The highest BCUT2D eigenvalue weighted by Gasteiger charge is 1.92. The Morgan fingerprint density at radius 2 is 2.50 bits per heavy atom. The average Bonchev–Trinajstić information content (AvgIpc) is 1.35. The van der Waals surface area contributed by atoms with Gasteiger partial charge in [0.25, 0.3) is 0 Å². The van der Waals surface area contributed by atoms with Crippen molar-refractivity contribution in [3.8, 4) is 0 Å². The minimum Gasteiger partial charge on any atom is -0.302 e. The van der Waals surface area contributed by atoms with Gasteiger partial charge in [-0.3, -0.25) is 0 Å². The van der Waals surface area contributed by atoms with E-state index in [1.165, 1.54) is 0 Å². The van der Waals surface area contributed by atoms with Crippen LogP contribution < -0.4 is 5.90 Å². The van der Waals surface area contributed by atoms with E-state index in [9.17, 15) is 4.39 Å². The Balaban J connectivity index is 2.63. The lowest BCUT2D eigenvalue weighted by molar-refractivity contribution is 0.0978. The third-order valence-electron chi connectivity index (χ3n) is 0.277. The minimum atomic E-state index is -1.20. The van der Waals surface area contributed by atoms with Crippen molar-refractivity contribution in [2.24, 2.45) is 5.90 Å². The van der Waals surface area contributed by atoms with E-state index in [1.54, 1.807) is 0 Å². The van der Waals surface area contributed by atoms with E-state index in [2.05, 4.69) is 17.7 Å². The number of hydrogen-bond acceptors (Lipinski definition) is 2.